The maximum absolute atomic E-state index is 13.6. The number of hydrogen-bond donors (Lipinski definition) is 2. The quantitative estimate of drug-likeness (QED) is 0.377. The first kappa shape index (κ1) is 22.9. The van der Waals surface area contributed by atoms with Gasteiger partial charge in [-0.2, -0.15) is 4.98 Å². The highest BCUT2D eigenvalue weighted by atomic mass is 35.5. The Kier molecular flexibility index (Phi) is 6.37. The predicted molar refractivity (Wildman–Crippen MR) is 132 cm³/mol. The predicted octanol–water partition coefficient (Wildman–Crippen LogP) is 5.41. The average Bonchev–Trinajstić information content (AvgIpc) is 3.27. The number of rotatable bonds is 6. The Morgan fingerprint density at radius 2 is 1.77 bits per heavy atom. The van der Waals surface area contributed by atoms with Gasteiger partial charge in [0.15, 0.2) is 0 Å². The Hall–Kier alpha value is -3.91. The first-order valence-corrected chi connectivity index (χ1v) is 11.5. The van der Waals surface area contributed by atoms with Crippen molar-refractivity contribution in [3.05, 3.63) is 100 Å². The molecular formula is C26H23ClFN5O2. The number of methoxy groups -OCH3 is 1. The Morgan fingerprint density at radius 1 is 1.09 bits per heavy atom. The minimum Gasteiger partial charge on any atom is -0.497 e. The maximum atomic E-state index is 13.6. The average molecular weight is 492 g/mol. The summed E-state index contributed by atoms with van der Waals surface area (Å²) in [5.74, 6) is 0.916. The number of ether oxygens (including phenoxy) is 1. The van der Waals surface area contributed by atoms with Gasteiger partial charge in [0.1, 0.15) is 11.6 Å². The first-order chi connectivity index (χ1) is 17.0. The molecular weight excluding hydrogens is 469 g/mol. The topological polar surface area (TPSA) is 81.1 Å². The van der Waals surface area contributed by atoms with Crippen LogP contribution in [-0.2, 0) is 11.2 Å². The van der Waals surface area contributed by atoms with Gasteiger partial charge in [-0.05, 0) is 59.5 Å². The van der Waals surface area contributed by atoms with Crippen LogP contribution in [0.2, 0.25) is 5.02 Å². The van der Waals surface area contributed by atoms with Gasteiger partial charge < -0.3 is 10.1 Å². The molecule has 0 bridgehead atoms. The SMILES string of the molecule is COc1ccc(CC(=O)Nc2nc3n(n2)[C@@H](c2ccc(F)cc2)C[C@H](c2ccc(Cl)cc2)N3)cc1. The Morgan fingerprint density at radius 3 is 2.46 bits per heavy atom. The van der Waals surface area contributed by atoms with E-state index in [1.165, 1.54) is 12.1 Å². The molecule has 3 aromatic carbocycles. The molecule has 1 aliphatic heterocycles. The third-order valence-corrected chi connectivity index (χ3v) is 6.24. The summed E-state index contributed by atoms with van der Waals surface area (Å²) in [7, 11) is 1.60. The van der Waals surface area contributed by atoms with Gasteiger partial charge in [-0.25, -0.2) is 9.07 Å². The lowest BCUT2D eigenvalue weighted by Crippen LogP contribution is -2.28. The van der Waals surface area contributed by atoms with Crippen LogP contribution in [-0.4, -0.2) is 27.8 Å². The van der Waals surface area contributed by atoms with Crippen LogP contribution < -0.4 is 15.4 Å². The van der Waals surface area contributed by atoms with E-state index >= 15 is 0 Å². The molecule has 2 N–H and O–H groups in total. The highest BCUT2D eigenvalue weighted by molar-refractivity contribution is 6.30. The zero-order valence-electron chi connectivity index (χ0n) is 18.9. The van der Waals surface area contributed by atoms with Crippen molar-refractivity contribution in [3.8, 4) is 5.75 Å². The Bertz CT molecular complexity index is 1320. The van der Waals surface area contributed by atoms with E-state index in [1.807, 2.05) is 48.5 Å². The minimum atomic E-state index is -0.303. The molecule has 9 heteroatoms. The van der Waals surface area contributed by atoms with Crippen molar-refractivity contribution in [2.75, 3.05) is 17.7 Å². The van der Waals surface area contributed by atoms with Gasteiger partial charge in [0.25, 0.3) is 5.95 Å². The van der Waals surface area contributed by atoms with E-state index in [1.54, 1.807) is 23.9 Å². The fourth-order valence-corrected chi connectivity index (χ4v) is 4.33. The van der Waals surface area contributed by atoms with Gasteiger partial charge in [0, 0.05) is 5.02 Å². The van der Waals surface area contributed by atoms with Crippen molar-refractivity contribution in [2.24, 2.45) is 0 Å². The number of aromatic nitrogens is 3. The van der Waals surface area contributed by atoms with Crippen molar-refractivity contribution in [2.45, 2.75) is 24.9 Å². The summed E-state index contributed by atoms with van der Waals surface area (Å²) in [6, 6.07) is 21.0. The fraction of sp³-hybridized carbons (Fsp3) is 0.192. The van der Waals surface area contributed by atoms with Crippen LogP contribution in [0.1, 0.15) is 35.2 Å². The van der Waals surface area contributed by atoms with E-state index in [0.29, 0.717) is 17.4 Å². The van der Waals surface area contributed by atoms with Gasteiger partial charge >= 0.3 is 0 Å². The molecule has 1 amide bonds. The smallest absolute Gasteiger partial charge is 0.250 e. The van der Waals surface area contributed by atoms with Gasteiger partial charge in [-0.15, -0.1) is 5.10 Å². The van der Waals surface area contributed by atoms with Crippen LogP contribution in [0.3, 0.4) is 0 Å². The first-order valence-electron chi connectivity index (χ1n) is 11.2. The Balaban J connectivity index is 1.40. The number of carbonyl (C=O) groups excluding carboxylic acids is 1. The lowest BCUT2D eigenvalue weighted by molar-refractivity contribution is -0.115. The molecule has 0 fully saturated rings. The molecule has 5 rings (SSSR count). The number of fused-ring (bicyclic) bond motifs is 1. The van der Waals surface area contributed by atoms with E-state index in [-0.39, 0.29) is 36.2 Å². The van der Waals surface area contributed by atoms with Crippen LogP contribution in [0.5, 0.6) is 5.75 Å². The summed E-state index contributed by atoms with van der Waals surface area (Å²) in [5.41, 5.74) is 2.78. The van der Waals surface area contributed by atoms with Crippen molar-refractivity contribution >= 4 is 29.4 Å². The number of hydrogen-bond acceptors (Lipinski definition) is 5. The van der Waals surface area contributed by atoms with E-state index in [9.17, 15) is 9.18 Å². The molecule has 178 valence electrons. The monoisotopic (exact) mass is 491 g/mol. The van der Waals surface area contributed by atoms with Crippen molar-refractivity contribution < 1.29 is 13.9 Å². The second-order valence-electron chi connectivity index (χ2n) is 8.33. The molecule has 1 aromatic heterocycles. The number of nitrogens with one attached hydrogen (secondary N) is 2. The van der Waals surface area contributed by atoms with Crippen LogP contribution in [0.4, 0.5) is 16.3 Å². The molecule has 35 heavy (non-hydrogen) atoms. The van der Waals surface area contributed by atoms with Gasteiger partial charge in [-0.1, -0.05) is 48.0 Å². The summed E-state index contributed by atoms with van der Waals surface area (Å²) in [6.45, 7) is 0. The third kappa shape index (κ3) is 5.12. The van der Waals surface area contributed by atoms with E-state index in [2.05, 4.69) is 20.7 Å². The normalized spacial score (nSPS) is 16.8. The maximum Gasteiger partial charge on any atom is 0.250 e. The van der Waals surface area contributed by atoms with Crippen LogP contribution in [0.25, 0.3) is 0 Å². The summed E-state index contributed by atoms with van der Waals surface area (Å²) >= 11 is 6.07. The summed E-state index contributed by atoms with van der Waals surface area (Å²) in [4.78, 5) is 17.2. The van der Waals surface area contributed by atoms with Crippen LogP contribution in [0.15, 0.2) is 72.8 Å². The third-order valence-electron chi connectivity index (χ3n) is 5.99. The number of benzene rings is 3. The number of amides is 1. The molecule has 0 aliphatic carbocycles. The molecule has 2 atom stereocenters. The molecule has 0 spiro atoms. The van der Waals surface area contributed by atoms with E-state index < -0.39 is 0 Å². The zero-order chi connectivity index (χ0) is 24.4. The highest BCUT2D eigenvalue weighted by Gasteiger charge is 2.31. The fourth-order valence-electron chi connectivity index (χ4n) is 4.20. The van der Waals surface area contributed by atoms with Crippen molar-refractivity contribution in [1.29, 1.82) is 0 Å². The number of nitrogens with zero attached hydrogens (tertiary/aromatic N) is 3. The second kappa shape index (κ2) is 9.76. The molecule has 0 radical (unpaired) electrons. The Labute approximate surface area is 206 Å². The highest BCUT2D eigenvalue weighted by Crippen LogP contribution is 2.38. The van der Waals surface area contributed by atoms with Crippen molar-refractivity contribution in [1.82, 2.24) is 14.8 Å². The zero-order valence-corrected chi connectivity index (χ0v) is 19.7. The number of carbonyl (C=O) groups is 1. The number of halogens is 2. The van der Waals surface area contributed by atoms with E-state index in [4.69, 9.17) is 16.3 Å². The molecule has 1 aliphatic rings. The minimum absolute atomic E-state index is 0.0677. The van der Waals surface area contributed by atoms with Crippen LogP contribution >= 0.6 is 11.6 Å². The number of anilines is 2. The van der Waals surface area contributed by atoms with Gasteiger partial charge in [-0.3, -0.25) is 10.1 Å². The van der Waals surface area contributed by atoms with Gasteiger partial charge in [0.2, 0.25) is 11.9 Å². The van der Waals surface area contributed by atoms with E-state index in [0.717, 1.165) is 22.4 Å². The molecule has 2 heterocycles. The molecule has 0 saturated carbocycles. The molecule has 4 aromatic rings. The molecule has 0 saturated heterocycles. The largest absolute Gasteiger partial charge is 0.497 e. The molecule has 7 nitrogen and oxygen atoms in total. The standard InChI is InChI=1S/C26H23ClFN5O2/c1-35-21-12-2-16(3-13-21)14-24(34)30-25-31-26-29-22(17-4-8-19(27)9-5-17)15-23(33(26)32-25)18-6-10-20(28)11-7-18/h2-13,22-23H,14-15H2,1H3,(H2,29,30,31,32,34)/t22-,23-/m1/s1. The lowest BCUT2D eigenvalue weighted by Gasteiger charge is -2.31. The lowest BCUT2D eigenvalue weighted by atomic mass is 9.93. The van der Waals surface area contributed by atoms with Crippen LogP contribution in [0, 0.1) is 5.82 Å². The van der Waals surface area contributed by atoms with Crippen molar-refractivity contribution in [3.63, 3.8) is 0 Å². The summed E-state index contributed by atoms with van der Waals surface area (Å²) in [6.07, 6.45) is 0.832. The summed E-state index contributed by atoms with van der Waals surface area (Å²) in [5, 5.41) is 11.4. The van der Waals surface area contributed by atoms with Gasteiger partial charge in [0.05, 0.1) is 25.6 Å². The second-order valence-corrected chi connectivity index (χ2v) is 8.76. The summed E-state index contributed by atoms with van der Waals surface area (Å²) < 4.78 is 20.5. The molecule has 0 unspecified atom stereocenters.